The summed E-state index contributed by atoms with van der Waals surface area (Å²) >= 11 is 0. The molecule has 0 aromatic rings. The first-order valence-corrected chi connectivity index (χ1v) is 9.55. The number of hydrogen-bond donors (Lipinski definition) is 1. The summed E-state index contributed by atoms with van der Waals surface area (Å²) in [4.78, 5) is 11.9. The van der Waals surface area contributed by atoms with E-state index in [0.717, 1.165) is 18.3 Å². The molecule has 2 heteroatoms. The Bertz CT molecular complexity index is 474. The molecule has 4 aliphatic rings. The van der Waals surface area contributed by atoms with Gasteiger partial charge >= 0.3 is 0 Å². The maximum atomic E-state index is 11.9. The predicted octanol–water partition coefficient (Wildman–Crippen LogP) is 4.21. The van der Waals surface area contributed by atoms with Crippen LogP contribution in [0.25, 0.3) is 0 Å². The Labute approximate surface area is 135 Å². The number of aliphatic hydroxyl groups is 1. The van der Waals surface area contributed by atoms with Gasteiger partial charge in [0.15, 0.2) is 0 Å². The smallest absolute Gasteiger partial charge is 0.126 e. The van der Waals surface area contributed by atoms with Crippen LogP contribution in [-0.2, 0) is 4.79 Å². The lowest BCUT2D eigenvalue weighted by atomic mass is 9.41. The van der Waals surface area contributed by atoms with Crippen molar-refractivity contribution in [2.45, 2.75) is 71.6 Å². The van der Waals surface area contributed by atoms with Crippen molar-refractivity contribution in [2.24, 2.45) is 39.9 Å². The molecule has 0 amide bonds. The molecule has 1 N–H and O–H groups in total. The second kappa shape index (κ2) is 4.82. The summed E-state index contributed by atoms with van der Waals surface area (Å²) in [6.07, 6.45) is 12.8. The summed E-state index contributed by atoms with van der Waals surface area (Å²) in [5, 5.41) is 9.77. The third-order valence-corrected chi connectivity index (χ3v) is 8.82. The second-order valence-corrected chi connectivity index (χ2v) is 9.68. The van der Waals surface area contributed by atoms with E-state index in [1.165, 1.54) is 57.7 Å². The molecule has 0 aromatic heterocycles. The first kappa shape index (κ1) is 15.2. The molecule has 2 nitrogen and oxygen atoms in total. The quantitative estimate of drug-likeness (QED) is 0.776. The van der Waals surface area contributed by atoms with E-state index in [1.54, 1.807) is 0 Å². The van der Waals surface area contributed by atoms with Gasteiger partial charge < -0.3 is 9.90 Å². The van der Waals surface area contributed by atoms with Crippen molar-refractivity contribution >= 4 is 6.29 Å². The minimum atomic E-state index is -0.0829. The van der Waals surface area contributed by atoms with Gasteiger partial charge in [0.25, 0.3) is 0 Å². The molecule has 7 atom stereocenters. The molecule has 0 aromatic carbocycles. The normalized spacial score (nSPS) is 57.0. The van der Waals surface area contributed by atoms with E-state index in [4.69, 9.17) is 0 Å². The number of fused-ring (bicyclic) bond motifs is 3. The maximum Gasteiger partial charge on any atom is 0.126 e. The summed E-state index contributed by atoms with van der Waals surface area (Å²) < 4.78 is 0. The fourth-order valence-electron chi connectivity index (χ4n) is 7.99. The molecule has 4 aliphatic carbocycles. The third kappa shape index (κ3) is 1.79. The van der Waals surface area contributed by atoms with Gasteiger partial charge in [-0.15, -0.1) is 0 Å². The Morgan fingerprint density at radius 1 is 1.05 bits per heavy atom. The van der Waals surface area contributed by atoms with Crippen molar-refractivity contribution in [2.75, 3.05) is 6.61 Å². The average molecular weight is 304 g/mol. The van der Waals surface area contributed by atoms with Gasteiger partial charge in [0.1, 0.15) is 6.29 Å². The zero-order valence-corrected chi connectivity index (χ0v) is 14.3. The topological polar surface area (TPSA) is 37.3 Å². The number of aldehydes is 1. The molecule has 0 radical (unpaired) electrons. The van der Waals surface area contributed by atoms with E-state index in [1.807, 2.05) is 0 Å². The Balaban J connectivity index is 1.70. The maximum absolute atomic E-state index is 11.9. The van der Waals surface area contributed by atoms with Gasteiger partial charge in [0.2, 0.25) is 0 Å². The van der Waals surface area contributed by atoms with E-state index in [9.17, 15) is 9.90 Å². The van der Waals surface area contributed by atoms with Crippen LogP contribution in [-0.4, -0.2) is 18.0 Å². The van der Waals surface area contributed by atoms with Gasteiger partial charge in [-0.25, -0.2) is 0 Å². The second-order valence-electron chi connectivity index (χ2n) is 9.68. The monoisotopic (exact) mass is 304 g/mol. The predicted molar refractivity (Wildman–Crippen MR) is 87.3 cm³/mol. The van der Waals surface area contributed by atoms with E-state index < -0.39 is 0 Å². The van der Waals surface area contributed by atoms with Crippen LogP contribution in [0.15, 0.2) is 0 Å². The first-order valence-electron chi connectivity index (χ1n) is 9.55. The number of carbonyl (C=O) groups is 1. The molecule has 22 heavy (non-hydrogen) atoms. The molecule has 124 valence electrons. The van der Waals surface area contributed by atoms with Crippen LogP contribution < -0.4 is 0 Å². The summed E-state index contributed by atoms with van der Waals surface area (Å²) in [5.41, 5.74) is 0.782. The SMILES string of the molecule is C[C@@]12CCC[C@](C)(C=O)[C@H]1CC[C@@]13C[C@H](CO)[C@@H](CC[C@@H]12)C3. The van der Waals surface area contributed by atoms with E-state index >= 15 is 0 Å². The van der Waals surface area contributed by atoms with Gasteiger partial charge in [-0.2, -0.15) is 0 Å². The highest BCUT2D eigenvalue weighted by atomic mass is 16.3. The molecule has 4 fully saturated rings. The molecule has 0 heterocycles. The van der Waals surface area contributed by atoms with Crippen LogP contribution in [0.5, 0.6) is 0 Å². The summed E-state index contributed by atoms with van der Waals surface area (Å²) in [7, 11) is 0. The number of aliphatic hydroxyl groups excluding tert-OH is 1. The highest BCUT2D eigenvalue weighted by Gasteiger charge is 2.64. The van der Waals surface area contributed by atoms with Crippen molar-refractivity contribution in [3.8, 4) is 0 Å². The fraction of sp³-hybridized carbons (Fsp3) is 0.950. The number of carbonyl (C=O) groups excluding carboxylic acids is 1. The Morgan fingerprint density at radius 2 is 1.86 bits per heavy atom. The molecule has 4 rings (SSSR count). The minimum Gasteiger partial charge on any atom is -0.396 e. The third-order valence-electron chi connectivity index (χ3n) is 8.82. The molecule has 4 saturated carbocycles. The molecule has 2 bridgehead atoms. The fourth-order valence-corrected chi connectivity index (χ4v) is 7.99. The van der Waals surface area contributed by atoms with Crippen LogP contribution >= 0.6 is 0 Å². The van der Waals surface area contributed by atoms with Crippen molar-refractivity contribution in [1.29, 1.82) is 0 Å². The lowest BCUT2D eigenvalue weighted by Gasteiger charge is -2.63. The highest BCUT2D eigenvalue weighted by Crippen LogP contribution is 2.72. The Kier molecular flexibility index (Phi) is 3.32. The van der Waals surface area contributed by atoms with Crippen molar-refractivity contribution in [3.63, 3.8) is 0 Å². The van der Waals surface area contributed by atoms with E-state index in [2.05, 4.69) is 13.8 Å². The van der Waals surface area contributed by atoms with Gasteiger partial charge in [-0.05, 0) is 85.9 Å². The molecule has 0 saturated heterocycles. The van der Waals surface area contributed by atoms with Gasteiger partial charge in [0, 0.05) is 12.0 Å². The summed E-state index contributed by atoms with van der Waals surface area (Å²) in [6.45, 7) is 5.15. The van der Waals surface area contributed by atoms with Crippen molar-refractivity contribution in [3.05, 3.63) is 0 Å². The highest BCUT2D eigenvalue weighted by molar-refractivity contribution is 5.60. The molecular formula is C20H32O2. The number of hydrogen-bond acceptors (Lipinski definition) is 2. The summed E-state index contributed by atoms with van der Waals surface area (Å²) in [5.74, 6) is 2.73. The molecule has 1 spiro atoms. The first-order chi connectivity index (χ1) is 10.5. The zero-order chi connectivity index (χ0) is 15.6. The van der Waals surface area contributed by atoms with Crippen LogP contribution in [0.2, 0.25) is 0 Å². The molecule has 0 unspecified atom stereocenters. The van der Waals surface area contributed by atoms with Gasteiger partial charge in [0.05, 0.1) is 0 Å². The molecule has 0 aliphatic heterocycles. The lowest BCUT2D eigenvalue weighted by molar-refractivity contribution is -0.157. The van der Waals surface area contributed by atoms with Crippen LogP contribution in [0.4, 0.5) is 0 Å². The summed E-state index contributed by atoms with van der Waals surface area (Å²) in [6, 6.07) is 0. The van der Waals surface area contributed by atoms with Gasteiger partial charge in [-0.3, -0.25) is 0 Å². The van der Waals surface area contributed by atoms with Gasteiger partial charge in [-0.1, -0.05) is 20.3 Å². The lowest BCUT2D eigenvalue weighted by Crippen LogP contribution is -2.56. The largest absolute Gasteiger partial charge is 0.396 e. The van der Waals surface area contributed by atoms with Crippen LogP contribution in [0.3, 0.4) is 0 Å². The number of rotatable bonds is 2. The average Bonchev–Trinajstić information content (AvgIpc) is 2.77. The molecular weight excluding hydrogens is 272 g/mol. The minimum absolute atomic E-state index is 0.0829. The standard InChI is InChI=1S/C20H32O2/c1-18(13-22)7-3-8-19(2)16(18)6-9-20-10-14(4-5-17(19)20)15(11-20)12-21/h13-17,21H,3-12H2,1-2H3/t14-,15+,16+,17+,18+,19+,20+/m0/s1. The van der Waals surface area contributed by atoms with Crippen molar-refractivity contribution < 1.29 is 9.90 Å². The van der Waals surface area contributed by atoms with E-state index in [-0.39, 0.29) is 5.41 Å². The van der Waals surface area contributed by atoms with Crippen molar-refractivity contribution in [1.82, 2.24) is 0 Å². The van der Waals surface area contributed by atoms with Crippen LogP contribution in [0.1, 0.15) is 71.6 Å². The van der Waals surface area contributed by atoms with E-state index in [0.29, 0.717) is 29.3 Å². The zero-order valence-electron chi connectivity index (χ0n) is 14.3. The Morgan fingerprint density at radius 3 is 2.59 bits per heavy atom. The van der Waals surface area contributed by atoms with Crippen LogP contribution in [0, 0.1) is 39.9 Å². The Hall–Kier alpha value is -0.370.